The van der Waals surface area contributed by atoms with E-state index in [1.807, 2.05) is 0 Å². The van der Waals surface area contributed by atoms with Gasteiger partial charge >= 0.3 is 5.97 Å². The molecule has 0 aromatic heterocycles. The number of rotatable bonds is 5. The monoisotopic (exact) mass is 197 g/mol. The maximum atomic E-state index is 11.8. The highest BCUT2D eigenvalue weighted by Gasteiger charge is 2.20. The number of alkyl halides is 2. The summed E-state index contributed by atoms with van der Waals surface area (Å²) in [4.78, 5) is 10.7. The molecule has 4 nitrogen and oxygen atoms in total. The van der Waals surface area contributed by atoms with E-state index in [-0.39, 0.29) is 12.8 Å². The lowest BCUT2D eigenvalue weighted by Gasteiger charge is -2.12. The second kappa shape index (κ2) is 5.82. The van der Waals surface area contributed by atoms with Gasteiger partial charge in [-0.2, -0.15) is 0 Å². The number of aliphatic hydroxyl groups is 1. The van der Waals surface area contributed by atoms with Gasteiger partial charge in [-0.05, 0) is 12.8 Å². The van der Waals surface area contributed by atoms with Crippen molar-refractivity contribution in [2.24, 2.45) is 5.73 Å². The van der Waals surface area contributed by atoms with Crippen LogP contribution in [0.3, 0.4) is 0 Å². The topological polar surface area (TPSA) is 72.5 Å². The highest BCUT2D eigenvalue weighted by atomic mass is 19.3. The fraction of sp³-hybridized carbons (Fsp3) is 0.857. The molecule has 0 aromatic carbocycles. The molecule has 0 rings (SSSR count). The van der Waals surface area contributed by atoms with Crippen molar-refractivity contribution in [2.45, 2.75) is 31.4 Å². The number of carbonyl (C=O) groups excluding carboxylic acids is 1. The van der Waals surface area contributed by atoms with Crippen LogP contribution in [0.1, 0.15) is 12.8 Å². The molecule has 0 aliphatic rings. The minimum atomic E-state index is -2.80. The standard InChI is InChI=1S/C7H13F2NO3/c1-13-7(12)4(10)2-3-5(11)6(8)9/h4-6,11H,2-3,10H2,1H3/t4-,5-/m1/s1. The van der Waals surface area contributed by atoms with E-state index >= 15 is 0 Å². The van der Waals surface area contributed by atoms with E-state index in [4.69, 9.17) is 10.8 Å². The van der Waals surface area contributed by atoms with Crippen molar-refractivity contribution in [1.29, 1.82) is 0 Å². The van der Waals surface area contributed by atoms with Crippen LogP contribution in [0.5, 0.6) is 0 Å². The zero-order valence-electron chi connectivity index (χ0n) is 7.24. The molecule has 0 aliphatic carbocycles. The van der Waals surface area contributed by atoms with Crippen molar-refractivity contribution in [3.8, 4) is 0 Å². The van der Waals surface area contributed by atoms with Crippen LogP contribution in [-0.4, -0.2) is 36.8 Å². The third-order valence-electron chi connectivity index (χ3n) is 1.57. The average molecular weight is 197 g/mol. The molecule has 0 aliphatic heterocycles. The highest BCUT2D eigenvalue weighted by molar-refractivity contribution is 5.75. The van der Waals surface area contributed by atoms with E-state index in [0.717, 1.165) is 7.11 Å². The van der Waals surface area contributed by atoms with Crippen LogP contribution in [0, 0.1) is 0 Å². The van der Waals surface area contributed by atoms with Crippen molar-refractivity contribution in [1.82, 2.24) is 0 Å². The molecular weight excluding hydrogens is 184 g/mol. The van der Waals surface area contributed by atoms with Crippen molar-refractivity contribution in [2.75, 3.05) is 7.11 Å². The van der Waals surface area contributed by atoms with E-state index in [9.17, 15) is 13.6 Å². The summed E-state index contributed by atoms with van der Waals surface area (Å²) in [7, 11) is 1.16. The summed E-state index contributed by atoms with van der Waals surface area (Å²) in [6.07, 6.45) is -4.76. The zero-order valence-corrected chi connectivity index (χ0v) is 7.24. The maximum Gasteiger partial charge on any atom is 0.322 e. The first-order valence-corrected chi connectivity index (χ1v) is 3.78. The second-order valence-electron chi connectivity index (χ2n) is 2.61. The van der Waals surface area contributed by atoms with Gasteiger partial charge in [0, 0.05) is 0 Å². The fourth-order valence-corrected chi connectivity index (χ4v) is 0.746. The smallest absolute Gasteiger partial charge is 0.322 e. The third-order valence-corrected chi connectivity index (χ3v) is 1.57. The van der Waals surface area contributed by atoms with Crippen LogP contribution in [-0.2, 0) is 9.53 Å². The number of aliphatic hydroxyl groups excluding tert-OH is 1. The number of hydrogen-bond donors (Lipinski definition) is 2. The molecule has 3 N–H and O–H groups in total. The summed E-state index contributed by atoms with van der Waals surface area (Å²) in [6, 6.07) is -0.946. The van der Waals surface area contributed by atoms with Crippen molar-refractivity contribution in [3.05, 3.63) is 0 Å². The van der Waals surface area contributed by atoms with Gasteiger partial charge in [0.25, 0.3) is 6.43 Å². The first-order chi connectivity index (χ1) is 5.99. The summed E-state index contributed by atoms with van der Waals surface area (Å²) >= 11 is 0. The number of ether oxygens (including phenoxy) is 1. The Bertz CT molecular complexity index is 166. The lowest BCUT2D eigenvalue weighted by Crippen LogP contribution is -2.33. The molecule has 0 fully saturated rings. The lowest BCUT2D eigenvalue weighted by molar-refractivity contribution is -0.142. The summed E-state index contributed by atoms with van der Waals surface area (Å²) < 4.78 is 27.8. The highest BCUT2D eigenvalue weighted by Crippen LogP contribution is 2.08. The maximum absolute atomic E-state index is 11.8. The van der Waals surface area contributed by atoms with Crippen LogP contribution in [0.4, 0.5) is 8.78 Å². The molecular formula is C7H13F2NO3. The minimum absolute atomic E-state index is 0.0157. The minimum Gasteiger partial charge on any atom is -0.468 e. The molecule has 0 spiro atoms. The quantitative estimate of drug-likeness (QED) is 0.603. The Morgan fingerprint density at radius 2 is 2.08 bits per heavy atom. The number of hydrogen-bond acceptors (Lipinski definition) is 4. The molecule has 6 heteroatoms. The average Bonchev–Trinajstić information content (AvgIpc) is 2.11. The Kier molecular flexibility index (Phi) is 5.48. The first kappa shape index (κ1) is 12.2. The van der Waals surface area contributed by atoms with Gasteiger partial charge in [-0.3, -0.25) is 4.79 Å². The summed E-state index contributed by atoms with van der Waals surface area (Å²) in [5, 5.41) is 8.67. The number of nitrogens with two attached hydrogens (primary N) is 1. The normalized spacial score (nSPS) is 15.5. The van der Waals surface area contributed by atoms with Gasteiger partial charge < -0.3 is 15.6 Å². The SMILES string of the molecule is COC(=O)[C@H](N)CC[C@@H](O)C(F)F. The van der Waals surface area contributed by atoms with Crippen LogP contribution in [0.15, 0.2) is 0 Å². The molecule has 2 atom stereocenters. The summed E-state index contributed by atoms with van der Waals surface area (Å²) in [6.45, 7) is 0. The molecule has 0 amide bonds. The molecule has 0 saturated heterocycles. The Balaban J connectivity index is 3.69. The van der Waals surface area contributed by atoms with Crippen LogP contribution in [0.25, 0.3) is 0 Å². The Morgan fingerprint density at radius 3 is 2.46 bits per heavy atom. The van der Waals surface area contributed by atoms with Gasteiger partial charge in [0.1, 0.15) is 12.1 Å². The van der Waals surface area contributed by atoms with Gasteiger partial charge in [0.05, 0.1) is 7.11 Å². The van der Waals surface area contributed by atoms with E-state index in [1.165, 1.54) is 0 Å². The van der Waals surface area contributed by atoms with Gasteiger partial charge in [-0.1, -0.05) is 0 Å². The van der Waals surface area contributed by atoms with Gasteiger partial charge in [0.2, 0.25) is 0 Å². The van der Waals surface area contributed by atoms with Gasteiger partial charge in [0.15, 0.2) is 0 Å². The van der Waals surface area contributed by atoms with Crippen molar-refractivity contribution >= 4 is 5.97 Å². The second-order valence-corrected chi connectivity index (χ2v) is 2.61. The number of carbonyl (C=O) groups is 1. The van der Waals surface area contributed by atoms with Crippen molar-refractivity contribution in [3.63, 3.8) is 0 Å². The molecule has 78 valence electrons. The molecule has 13 heavy (non-hydrogen) atoms. The fourth-order valence-electron chi connectivity index (χ4n) is 0.746. The Morgan fingerprint density at radius 1 is 1.54 bits per heavy atom. The van der Waals surface area contributed by atoms with Gasteiger partial charge in [-0.15, -0.1) is 0 Å². The first-order valence-electron chi connectivity index (χ1n) is 3.78. The van der Waals surface area contributed by atoms with Crippen LogP contribution in [0.2, 0.25) is 0 Å². The predicted molar refractivity (Wildman–Crippen MR) is 41.2 cm³/mol. The predicted octanol–water partition coefficient (Wildman–Crippen LogP) is -0.107. The zero-order chi connectivity index (χ0) is 10.4. The molecule has 0 saturated carbocycles. The van der Waals surface area contributed by atoms with Crippen LogP contribution < -0.4 is 5.73 Å². The van der Waals surface area contributed by atoms with Crippen molar-refractivity contribution < 1.29 is 23.4 Å². The molecule has 0 radical (unpaired) electrons. The summed E-state index contributed by atoms with van der Waals surface area (Å²) in [5.41, 5.74) is 5.25. The third kappa shape index (κ3) is 4.74. The summed E-state index contributed by atoms with van der Waals surface area (Å²) in [5.74, 6) is -0.665. The van der Waals surface area contributed by atoms with E-state index in [0.29, 0.717) is 0 Å². The van der Waals surface area contributed by atoms with E-state index in [2.05, 4.69) is 4.74 Å². The largest absolute Gasteiger partial charge is 0.468 e. The lowest BCUT2D eigenvalue weighted by atomic mass is 10.1. The van der Waals surface area contributed by atoms with Gasteiger partial charge in [-0.25, -0.2) is 8.78 Å². The molecule has 0 aromatic rings. The molecule has 0 bridgehead atoms. The Hall–Kier alpha value is -0.750. The molecule has 0 unspecified atom stereocenters. The van der Waals surface area contributed by atoms with Crippen LogP contribution >= 0.6 is 0 Å². The number of halogens is 2. The Labute approximate surface area is 74.7 Å². The number of esters is 1. The van der Waals surface area contributed by atoms with E-state index < -0.39 is 24.5 Å². The molecule has 0 heterocycles. The van der Waals surface area contributed by atoms with E-state index in [1.54, 1.807) is 0 Å². The number of methoxy groups -OCH3 is 1.